The Labute approximate surface area is 442 Å². The van der Waals surface area contributed by atoms with Crippen LogP contribution >= 0.6 is 0 Å². The summed E-state index contributed by atoms with van der Waals surface area (Å²) < 4.78 is 16.9. The molecule has 71 heavy (non-hydrogen) atoms. The van der Waals surface area contributed by atoms with Gasteiger partial charge in [-0.05, 0) is 51.4 Å². The zero-order chi connectivity index (χ0) is 51.4. The van der Waals surface area contributed by atoms with Crippen LogP contribution in [0.4, 0.5) is 0 Å². The normalized spacial score (nSPS) is 12.2. The topological polar surface area (TPSA) is 78.9 Å². The highest BCUT2D eigenvalue weighted by Crippen LogP contribution is 2.18. The molecule has 0 saturated carbocycles. The van der Waals surface area contributed by atoms with Crippen molar-refractivity contribution in [2.45, 2.75) is 348 Å². The Morgan fingerprint density at radius 1 is 0.296 bits per heavy atom. The maximum Gasteiger partial charge on any atom is 0.306 e. The molecule has 1 unspecified atom stereocenters. The quantitative estimate of drug-likeness (QED) is 0.0261. The molecular formula is C65H120O6. The van der Waals surface area contributed by atoms with Crippen molar-refractivity contribution in [3.8, 4) is 0 Å². The van der Waals surface area contributed by atoms with Gasteiger partial charge in [0.05, 0.1) is 0 Å². The van der Waals surface area contributed by atoms with Crippen molar-refractivity contribution < 1.29 is 28.6 Å². The largest absolute Gasteiger partial charge is 0.462 e. The van der Waals surface area contributed by atoms with Crippen LogP contribution in [0, 0.1) is 0 Å². The maximum atomic E-state index is 12.9. The minimum absolute atomic E-state index is 0.0708. The number of carbonyl (C=O) groups is 3. The van der Waals surface area contributed by atoms with Crippen LogP contribution in [0.25, 0.3) is 0 Å². The molecule has 0 aromatic rings. The summed E-state index contributed by atoms with van der Waals surface area (Å²) in [4.78, 5) is 38.3. The first kappa shape index (κ1) is 68.6. The molecule has 0 aliphatic heterocycles. The number of allylic oxidation sites excluding steroid dienone is 6. The van der Waals surface area contributed by atoms with Crippen molar-refractivity contribution in [2.24, 2.45) is 0 Å². The zero-order valence-corrected chi connectivity index (χ0v) is 47.8. The van der Waals surface area contributed by atoms with Gasteiger partial charge in [0.25, 0.3) is 0 Å². The van der Waals surface area contributed by atoms with Gasteiger partial charge in [0.15, 0.2) is 6.10 Å². The number of ether oxygens (including phenoxy) is 3. The summed E-state index contributed by atoms with van der Waals surface area (Å²) in [5, 5.41) is 0. The van der Waals surface area contributed by atoms with E-state index in [9.17, 15) is 14.4 Å². The standard InChI is InChI=1S/C65H120O6/c1-4-7-10-13-16-19-22-25-28-31-32-33-35-37-40-43-46-49-52-55-58-64(67)70-61-62(60-69-63(66)57-54-51-48-45-42-39-36-30-27-24-21-18-15-12-9-6-3)71-65(68)59-56-53-50-47-44-41-38-34-29-26-23-20-17-14-11-8-5-2/h8,11,17,20,26,29,62H,4-7,9-10,12-16,18-19,21-25,27-28,30-61H2,1-3H3/b11-8-,20-17-,29-26-. The minimum atomic E-state index is -0.774. The molecule has 0 N–H and O–H groups in total. The third-order valence-electron chi connectivity index (χ3n) is 14.2. The van der Waals surface area contributed by atoms with E-state index < -0.39 is 6.10 Å². The summed E-state index contributed by atoms with van der Waals surface area (Å²) in [6, 6.07) is 0. The van der Waals surface area contributed by atoms with E-state index in [0.29, 0.717) is 19.3 Å². The van der Waals surface area contributed by atoms with E-state index in [4.69, 9.17) is 14.2 Å². The molecule has 0 radical (unpaired) electrons. The number of hydrogen-bond acceptors (Lipinski definition) is 6. The Bertz CT molecular complexity index is 1190. The fraction of sp³-hybridized carbons (Fsp3) is 0.862. The van der Waals surface area contributed by atoms with Gasteiger partial charge in [-0.3, -0.25) is 14.4 Å². The first-order valence-electron chi connectivity index (χ1n) is 31.5. The predicted octanol–water partition coefficient (Wildman–Crippen LogP) is 21.2. The van der Waals surface area contributed by atoms with E-state index in [2.05, 4.69) is 57.2 Å². The Morgan fingerprint density at radius 3 is 0.859 bits per heavy atom. The molecule has 0 spiro atoms. The van der Waals surface area contributed by atoms with Crippen molar-refractivity contribution in [1.29, 1.82) is 0 Å². The summed E-state index contributed by atoms with van der Waals surface area (Å²) in [7, 11) is 0. The second-order valence-electron chi connectivity index (χ2n) is 21.3. The molecule has 0 heterocycles. The molecule has 6 nitrogen and oxygen atoms in total. The molecule has 0 aliphatic carbocycles. The van der Waals surface area contributed by atoms with Gasteiger partial charge in [-0.2, -0.15) is 0 Å². The molecule has 0 saturated heterocycles. The zero-order valence-electron chi connectivity index (χ0n) is 47.8. The van der Waals surface area contributed by atoms with Crippen LogP contribution in [0.2, 0.25) is 0 Å². The van der Waals surface area contributed by atoms with Gasteiger partial charge in [0.1, 0.15) is 13.2 Å². The van der Waals surface area contributed by atoms with Crippen LogP contribution in [0.15, 0.2) is 36.5 Å². The lowest BCUT2D eigenvalue weighted by Gasteiger charge is -2.18. The first-order valence-corrected chi connectivity index (χ1v) is 31.5. The monoisotopic (exact) mass is 997 g/mol. The van der Waals surface area contributed by atoms with Crippen molar-refractivity contribution in [3.05, 3.63) is 36.5 Å². The predicted molar refractivity (Wildman–Crippen MR) is 307 cm³/mol. The Balaban J connectivity index is 4.32. The van der Waals surface area contributed by atoms with Crippen molar-refractivity contribution in [3.63, 3.8) is 0 Å². The summed E-state index contributed by atoms with van der Waals surface area (Å²) in [5.41, 5.74) is 0. The molecule has 0 aromatic carbocycles. The van der Waals surface area contributed by atoms with E-state index in [-0.39, 0.29) is 31.1 Å². The average molecular weight is 998 g/mol. The van der Waals surface area contributed by atoms with Crippen LogP contribution in [0.3, 0.4) is 0 Å². The first-order chi connectivity index (χ1) is 35.0. The fourth-order valence-electron chi connectivity index (χ4n) is 9.46. The van der Waals surface area contributed by atoms with E-state index in [1.54, 1.807) is 0 Å². The smallest absolute Gasteiger partial charge is 0.306 e. The second-order valence-corrected chi connectivity index (χ2v) is 21.3. The molecule has 416 valence electrons. The van der Waals surface area contributed by atoms with Crippen molar-refractivity contribution >= 4 is 17.9 Å². The lowest BCUT2D eigenvalue weighted by atomic mass is 10.0. The molecule has 0 amide bonds. The third-order valence-corrected chi connectivity index (χ3v) is 14.2. The number of rotatable bonds is 58. The molecule has 0 bridgehead atoms. The lowest BCUT2D eigenvalue weighted by Crippen LogP contribution is -2.30. The van der Waals surface area contributed by atoms with Gasteiger partial charge in [-0.1, -0.05) is 308 Å². The molecule has 0 aliphatic rings. The van der Waals surface area contributed by atoms with Crippen LogP contribution in [0.1, 0.15) is 342 Å². The third kappa shape index (κ3) is 58.4. The van der Waals surface area contributed by atoms with E-state index in [0.717, 1.165) is 83.5 Å². The molecule has 0 rings (SSSR count). The Hall–Kier alpha value is -2.37. The van der Waals surface area contributed by atoms with Gasteiger partial charge in [-0.15, -0.1) is 0 Å². The van der Waals surface area contributed by atoms with Crippen LogP contribution in [-0.2, 0) is 28.6 Å². The van der Waals surface area contributed by atoms with Gasteiger partial charge in [-0.25, -0.2) is 0 Å². The average Bonchev–Trinajstić information content (AvgIpc) is 3.37. The highest BCUT2D eigenvalue weighted by Gasteiger charge is 2.19. The van der Waals surface area contributed by atoms with Crippen LogP contribution < -0.4 is 0 Å². The van der Waals surface area contributed by atoms with E-state index >= 15 is 0 Å². The second kappa shape index (κ2) is 60.2. The summed E-state index contributed by atoms with van der Waals surface area (Å²) in [6.45, 7) is 6.59. The highest BCUT2D eigenvalue weighted by atomic mass is 16.6. The molecule has 0 aromatic heterocycles. The number of carbonyl (C=O) groups excluding carboxylic acids is 3. The van der Waals surface area contributed by atoms with Crippen molar-refractivity contribution in [1.82, 2.24) is 0 Å². The van der Waals surface area contributed by atoms with E-state index in [1.807, 2.05) is 0 Å². The SMILES string of the molecule is CC/C=C\C/C=C\C/C=C\CCCCCCCCCC(=O)OC(COC(=O)CCCCCCCCCCCCCCCCCC)COC(=O)CCCCCCCCCCCCCCCCCCCCCC. The number of hydrogen-bond donors (Lipinski definition) is 0. The Morgan fingerprint density at radius 2 is 0.549 bits per heavy atom. The molecular weight excluding hydrogens is 877 g/mol. The van der Waals surface area contributed by atoms with Crippen LogP contribution in [-0.4, -0.2) is 37.2 Å². The van der Waals surface area contributed by atoms with Gasteiger partial charge < -0.3 is 14.2 Å². The maximum absolute atomic E-state index is 12.9. The fourth-order valence-corrected chi connectivity index (χ4v) is 9.46. The summed E-state index contributed by atoms with van der Waals surface area (Å²) in [5.74, 6) is -0.855. The van der Waals surface area contributed by atoms with Gasteiger partial charge in [0.2, 0.25) is 0 Å². The Kier molecular flexibility index (Phi) is 58.2. The summed E-state index contributed by atoms with van der Waals surface area (Å²) in [6.07, 6.45) is 72.9. The minimum Gasteiger partial charge on any atom is -0.462 e. The lowest BCUT2D eigenvalue weighted by molar-refractivity contribution is -0.167. The molecule has 6 heteroatoms. The van der Waals surface area contributed by atoms with Crippen LogP contribution in [0.5, 0.6) is 0 Å². The van der Waals surface area contributed by atoms with Crippen molar-refractivity contribution in [2.75, 3.05) is 13.2 Å². The number of unbranched alkanes of at least 4 members (excludes halogenated alkanes) is 41. The molecule has 0 fully saturated rings. The van der Waals surface area contributed by atoms with Gasteiger partial charge >= 0.3 is 17.9 Å². The molecule has 1 atom stereocenters. The summed E-state index contributed by atoms with van der Waals surface area (Å²) >= 11 is 0. The highest BCUT2D eigenvalue weighted by molar-refractivity contribution is 5.71. The number of esters is 3. The van der Waals surface area contributed by atoms with E-state index in [1.165, 1.54) is 218 Å². The van der Waals surface area contributed by atoms with Gasteiger partial charge in [0, 0.05) is 19.3 Å².